The van der Waals surface area contributed by atoms with Gasteiger partial charge in [-0.2, -0.15) is 5.10 Å². The largest absolute Gasteiger partial charge is 0.268 e. The molecule has 80 valence electrons. The standard InChI is InChI=1S/C11H8BrN3S/c1-6-4-10-13-14-11(16)15(10)9-3-2-7(12)5-8(6)9/h2-5H,1H3,(H,14,16). The maximum atomic E-state index is 5.22. The van der Waals surface area contributed by atoms with Gasteiger partial charge in [-0.3, -0.25) is 9.50 Å². The Labute approximate surface area is 105 Å². The third-order valence-corrected chi connectivity index (χ3v) is 3.44. The van der Waals surface area contributed by atoms with Crippen LogP contribution >= 0.6 is 28.1 Å². The number of aromatic amines is 1. The molecule has 0 aliphatic carbocycles. The number of H-pyrrole nitrogens is 1. The first-order chi connectivity index (χ1) is 7.66. The molecule has 0 atom stereocenters. The third kappa shape index (κ3) is 1.32. The number of fused-ring (bicyclic) bond motifs is 3. The van der Waals surface area contributed by atoms with E-state index in [0.29, 0.717) is 4.77 Å². The molecule has 2 heterocycles. The van der Waals surface area contributed by atoms with Crippen LogP contribution in [0.25, 0.3) is 16.6 Å². The first-order valence-corrected chi connectivity index (χ1v) is 6.03. The van der Waals surface area contributed by atoms with Gasteiger partial charge in [0.1, 0.15) is 0 Å². The van der Waals surface area contributed by atoms with Gasteiger partial charge in [-0.25, -0.2) is 0 Å². The molecule has 0 saturated carbocycles. The number of aryl methyl sites for hydroxylation is 1. The molecule has 0 saturated heterocycles. The van der Waals surface area contributed by atoms with Crippen LogP contribution in [0.3, 0.4) is 0 Å². The van der Waals surface area contributed by atoms with Gasteiger partial charge in [0.05, 0.1) is 5.52 Å². The van der Waals surface area contributed by atoms with E-state index >= 15 is 0 Å². The van der Waals surface area contributed by atoms with Crippen LogP contribution in [-0.2, 0) is 0 Å². The lowest BCUT2D eigenvalue weighted by Gasteiger charge is -2.05. The lowest BCUT2D eigenvalue weighted by atomic mass is 10.1. The van der Waals surface area contributed by atoms with Crippen molar-refractivity contribution >= 4 is 44.7 Å². The van der Waals surface area contributed by atoms with Crippen molar-refractivity contribution in [2.24, 2.45) is 0 Å². The van der Waals surface area contributed by atoms with Crippen LogP contribution in [0.15, 0.2) is 28.7 Å². The molecule has 0 aliphatic rings. The smallest absolute Gasteiger partial charge is 0.200 e. The number of hydrogen-bond acceptors (Lipinski definition) is 2. The molecule has 1 N–H and O–H groups in total. The molecule has 5 heteroatoms. The normalized spacial score (nSPS) is 11.4. The number of aromatic nitrogens is 3. The first kappa shape index (κ1) is 9.99. The molecule has 3 aromatic rings. The van der Waals surface area contributed by atoms with Crippen molar-refractivity contribution in [3.8, 4) is 0 Å². The number of nitrogens with one attached hydrogen (secondary N) is 1. The summed E-state index contributed by atoms with van der Waals surface area (Å²) in [6.07, 6.45) is 0. The molecule has 3 nitrogen and oxygen atoms in total. The zero-order valence-corrected chi connectivity index (χ0v) is 10.9. The molecule has 0 amide bonds. The van der Waals surface area contributed by atoms with Gasteiger partial charge in [0.25, 0.3) is 0 Å². The fourth-order valence-electron chi connectivity index (χ4n) is 1.93. The summed E-state index contributed by atoms with van der Waals surface area (Å²) in [5, 5.41) is 8.18. The van der Waals surface area contributed by atoms with E-state index in [0.717, 1.165) is 15.6 Å². The summed E-state index contributed by atoms with van der Waals surface area (Å²) in [6, 6.07) is 8.18. The van der Waals surface area contributed by atoms with Crippen LogP contribution in [0, 0.1) is 11.7 Å². The highest BCUT2D eigenvalue weighted by Crippen LogP contribution is 2.24. The van der Waals surface area contributed by atoms with Crippen LogP contribution in [0.2, 0.25) is 0 Å². The number of rotatable bonds is 0. The summed E-state index contributed by atoms with van der Waals surface area (Å²) < 4.78 is 3.64. The number of halogens is 1. The minimum atomic E-state index is 0.627. The minimum Gasteiger partial charge on any atom is -0.268 e. The van der Waals surface area contributed by atoms with Crippen molar-refractivity contribution in [3.05, 3.63) is 39.1 Å². The number of hydrogen-bond donors (Lipinski definition) is 1. The van der Waals surface area contributed by atoms with Crippen LogP contribution in [0.5, 0.6) is 0 Å². The summed E-state index contributed by atoms with van der Waals surface area (Å²) in [6.45, 7) is 2.08. The third-order valence-electron chi connectivity index (χ3n) is 2.67. The van der Waals surface area contributed by atoms with Gasteiger partial charge in [-0.1, -0.05) is 15.9 Å². The van der Waals surface area contributed by atoms with E-state index in [2.05, 4.69) is 39.1 Å². The van der Waals surface area contributed by atoms with E-state index in [1.807, 2.05) is 22.6 Å². The van der Waals surface area contributed by atoms with E-state index in [1.165, 1.54) is 10.9 Å². The second kappa shape index (κ2) is 3.40. The Bertz CT molecular complexity index is 757. The van der Waals surface area contributed by atoms with Crippen LogP contribution in [0.1, 0.15) is 5.56 Å². The zero-order chi connectivity index (χ0) is 11.3. The highest BCUT2D eigenvalue weighted by Gasteiger charge is 2.06. The minimum absolute atomic E-state index is 0.627. The summed E-state index contributed by atoms with van der Waals surface area (Å²) in [4.78, 5) is 0. The lowest BCUT2D eigenvalue weighted by Crippen LogP contribution is -1.91. The molecule has 0 fully saturated rings. The Kier molecular flexibility index (Phi) is 2.12. The molecule has 0 unspecified atom stereocenters. The molecule has 0 radical (unpaired) electrons. The second-order valence-electron chi connectivity index (χ2n) is 3.71. The van der Waals surface area contributed by atoms with E-state index in [4.69, 9.17) is 12.2 Å². The van der Waals surface area contributed by atoms with Crippen molar-refractivity contribution in [3.63, 3.8) is 0 Å². The SMILES string of the molecule is Cc1cc2n[nH]c(=S)n2c2ccc(Br)cc12. The molecule has 0 aliphatic heterocycles. The fraction of sp³-hybridized carbons (Fsp3) is 0.0909. The number of pyridine rings is 1. The summed E-state index contributed by atoms with van der Waals surface area (Å²) in [7, 11) is 0. The molecule has 1 aromatic carbocycles. The highest BCUT2D eigenvalue weighted by molar-refractivity contribution is 9.10. The van der Waals surface area contributed by atoms with Crippen molar-refractivity contribution in [1.82, 2.24) is 14.6 Å². The molecule has 3 rings (SSSR count). The molecule has 0 bridgehead atoms. The van der Waals surface area contributed by atoms with Gasteiger partial charge in [0.2, 0.25) is 0 Å². The summed E-state index contributed by atoms with van der Waals surface area (Å²) in [5.41, 5.74) is 3.13. The maximum Gasteiger partial charge on any atom is 0.200 e. The van der Waals surface area contributed by atoms with E-state index in [9.17, 15) is 0 Å². The van der Waals surface area contributed by atoms with Crippen molar-refractivity contribution in [2.45, 2.75) is 6.92 Å². The highest BCUT2D eigenvalue weighted by atomic mass is 79.9. The Hall–Kier alpha value is -1.20. The van der Waals surface area contributed by atoms with Gasteiger partial charge in [-0.05, 0) is 49.0 Å². The average molecular weight is 294 g/mol. The first-order valence-electron chi connectivity index (χ1n) is 4.83. The van der Waals surface area contributed by atoms with Crippen LogP contribution < -0.4 is 0 Å². The van der Waals surface area contributed by atoms with Gasteiger partial charge in [0.15, 0.2) is 10.4 Å². The van der Waals surface area contributed by atoms with Gasteiger partial charge in [0, 0.05) is 9.86 Å². The van der Waals surface area contributed by atoms with Crippen molar-refractivity contribution in [2.75, 3.05) is 0 Å². The molecular formula is C11H8BrN3S. The van der Waals surface area contributed by atoms with Crippen LogP contribution in [0.4, 0.5) is 0 Å². The number of benzene rings is 1. The topological polar surface area (TPSA) is 33.1 Å². The van der Waals surface area contributed by atoms with Gasteiger partial charge >= 0.3 is 0 Å². The average Bonchev–Trinajstić information content (AvgIpc) is 2.61. The molecule has 16 heavy (non-hydrogen) atoms. The zero-order valence-electron chi connectivity index (χ0n) is 8.49. The van der Waals surface area contributed by atoms with E-state index in [1.54, 1.807) is 0 Å². The lowest BCUT2D eigenvalue weighted by molar-refractivity contribution is 1.09. The van der Waals surface area contributed by atoms with Crippen LogP contribution in [-0.4, -0.2) is 14.6 Å². The van der Waals surface area contributed by atoms with Gasteiger partial charge in [-0.15, -0.1) is 0 Å². The Morgan fingerprint density at radius 2 is 2.19 bits per heavy atom. The molecular weight excluding hydrogens is 286 g/mol. The Balaban J connectivity index is 2.68. The molecule has 0 spiro atoms. The Morgan fingerprint density at radius 3 is 3.00 bits per heavy atom. The number of nitrogens with zero attached hydrogens (tertiary/aromatic N) is 2. The van der Waals surface area contributed by atoms with Crippen molar-refractivity contribution < 1.29 is 0 Å². The summed E-state index contributed by atoms with van der Waals surface area (Å²) >= 11 is 8.70. The fourth-order valence-corrected chi connectivity index (χ4v) is 2.53. The predicted octanol–water partition coefficient (Wildman–Crippen LogP) is 3.62. The summed E-state index contributed by atoms with van der Waals surface area (Å²) in [5.74, 6) is 0. The predicted molar refractivity (Wildman–Crippen MR) is 70.3 cm³/mol. The monoisotopic (exact) mass is 293 g/mol. The Morgan fingerprint density at radius 1 is 1.38 bits per heavy atom. The van der Waals surface area contributed by atoms with E-state index in [-0.39, 0.29) is 0 Å². The molecule has 2 aromatic heterocycles. The maximum absolute atomic E-state index is 5.22. The second-order valence-corrected chi connectivity index (χ2v) is 5.01. The van der Waals surface area contributed by atoms with Gasteiger partial charge < -0.3 is 0 Å². The quantitative estimate of drug-likeness (QED) is 0.642. The van der Waals surface area contributed by atoms with E-state index < -0.39 is 0 Å². The van der Waals surface area contributed by atoms with Crippen molar-refractivity contribution in [1.29, 1.82) is 0 Å².